The molecule has 2 bridgehead atoms. The van der Waals surface area contributed by atoms with Crippen LogP contribution in [-0.4, -0.2) is 34.3 Å². The first-order chi connectivity index (χ1) is 14.5. The van der Waals surface area contributed by atoms with E-state index in [1.165, 1.54) is 17.5 Å². The van der Waals surface area contributed by atoms with Gasteiger partial charge in [-0.25, -0.2) is 0 Å². The second kappa shape index (κ2) is 8.12. The number of carbonyl (C=O) groups is 1. The van der Waals surface area contributed by atoms with Crippen LogP contribution in [0.25, 0.3) is 0 Å². The number of hydrogen-bond acceptors (Lipinski definition) is 3. The van der Waals surface area contributed by atoms with Crippen LogP contribution in [0, 0.1) is 17.8 Å². The summed E-state index contributed by atoms with van der Waals surface area (Å²) in [7, 11) is 0. The highest BCUT2D eigenvalue weighted by molar-refractivity contribution is 5.92. The fourth-order valence-corrected chi connectivity index (χ4v) is 6.08. The molecule has 1 saturated heterocycles. The molecule has 31 heavy (non-hydrogen) atoms. The second-order valence-corrected chi connectivity index (χ2v) is 11.4. The molecule has 1 saturated carbocycles. The Morgan fingerprint density at radius 2 is 1.94 bits per heavy atom. The largest absolute Gasteiger partial charge is 0.455 e. The highest BCUT2D eigenvalue weighted by atomic mass is 16.4. The zero-order chi connectivity index (χ0) is 22.4. The quantitative estimate of drug-likeness (QED) is 0.569. The maximum Gasteiger partial charge on any atom is 0.289 e. The maximum absolute atomic E-state index is 13.3. The summed E-state index contributed by atoms with van der Waals surface area (Å²) in [4.78, 5) is 17.8. The molecule has 2 aliphatic rings. The summed E-state index contributed by atoms with van der Waals surface area (Å²) >= 11 is 0. The van der Waals surface area contributed by atoms with E-state index in [1.807, 2.05) is 12.1 Å². The second-order valence-electron chi connectivity index (χ2n) is 11.4. The van der Waals surface area contributed by atoms with E-state index >= 15 is 0 Å². The van der Waals surface area contributed by atoms with E-state index in [0.717, 1.165) is 31.7 Å². The van der Waals surface area contributed by atoms with Crippen molar-refractivity contribution in [1.29, 1.82) is 0 Å². The van der Waals surface area contributed by atoms with Crippen molar-refractivity contribution in [2.75, 3.05) is 6.54 Å². The number of aryl methyl sites for hydroxylation is 1. The lowest BCUT2D eigenvalue weighted by atomic mass is 9.65. The molecule has 168 valence electrons. The fourth-order valence-electron chi connectivity index (χ4n) is 6.08. The lowest BCUT2D eigenvalue weighted by Crippen LogP contribution is -2.37. The van der Waals surface area contributed by atoms with E-state index in [1.54, 1.807) is 0 Å². The van der Waals surface area contributed by atoms with Gasteiger partial charge in [-0.3, -0.25) is 9.69 Å². The molecular formula is C27H38N2O2. The summed E-state index contributed by atoms with van der Waals surface area (Å²) in [6.07, 6.45) is 3.39. The van der Waals surface area contributed by atoms with Crippen molar-refractivity contribution >= 4 is 5.91 Å². The number of hydrogen-bond donors (Lipinski definition) is 0. The number of rotatable bonds is 6. The SMILES string of the molecule is Cc1cccc(CN(Cc2ccc(C(=O)N3C[C@@]4(C)C[C@@H]3CC(C)(C)C4)o2)C(C)C)c1. The minimum atomic E-state index is 0.0625. The summed E-state index contributed by atoms with van der Waals surface area (Å²) in [5.74, 6) is 1.41. The molecule has 4 nitrogen and oxygen atoms in total. The first-order valence-corrected chi connectivity index (χ1v) is 11.7. The Labute approximate surface area is 187 Å². The van der Waals surface area contributed by atoms with Crippen LogP contribution >= 0.6 is 0 Å². The van der Waals surface area contributed by atoms with Crippen LogP contribution in [0.5, 0.6) is 0 Å². The molecule has 2 atom stereocenters. The molecule has 1 amide bonds. The van der Waals surface area contributed by atoms with Gasteiger partial charge in [0.15, 0.2) is 5.76 Å². The third kappa shape index (κ3) is 4.90. The first-order valence-electron chi connectivity index (χ1n) is 11.7. The molecule has 4 rings (SSSR count). The van der Waals surface area contributed by atoms with Gasteiger partial charge in [0.1, 0.15) is 5.76 Å². The van der Waals surface area contributed by atoms with E-state index in [4.69, 9.17) is 4.42 Å². The molecule has 1 aliphatic carbocycles. The fraction of sp³-hybridized carbons (Fsp3) is 0.593. The van der Waals surface area contributed by atoms with Gasteiger partial charge < -0.3 is 9.32 Å². The van der Waals surface area contributed by atoms with Crippen molar-refractivity contribution < 1.29 is 9.21 Å². The summed E-state index contributed by atoms with van der Waals surface area (Å²) in [6.45, 7) is 16.0. The van der Waals surface area contributed by atoms with Crippen molar-refractivity contribution in [2.45, 2.75) is 86.0 Å². The number of fused-ring (bicyclic) bond motifs is 2. The smallest absolute Gasteiger partial charge is 0.289 e. The minimum Gasteiger partial charge on any atom is -0.455 e. The Morgan fingerprint density at radius 1 is 1.16 bits per heavy atom. The van der Waals surface area contributed by atoms with Gasteiger partial charge in [-0.05, 0) is 68.6 Å². The Kier molecular flexibility index (Phi) is 5.80. The summed E-state index contributed by atoms with van der Waals surface area (Å²) in [5, 5.41) is 0. The van der Waals surface area contributed by atoms with Crippen molar-refractivity contribution in [2.24, 2.45) is 10.8 Å². The molecule has 0 N–H and O–H groups in total. The van der Waals surface area contributed by atoms with E-state index in [2.05, 4.69) is 75.6 Å². The predicted octanol–water partition coefficient (Wildman–Crippen LogP) is 6.04. The van der Waals surface area contributed by atoms with Crippen molar-refractivity contribution in [1.82, 2.24) is 9.80 Å². The van der Waals surface area contributed by atoms with Crippen LogP contribution < -0.4 is 0 Å². The van der Waals surface area contributed by atoms with Crippen molar-refractivity contribution in [3.05, 3.63) is 59.0 Å². The lowest BCUT2D eigenvalue weighted by Gasteiger charge is -2.39. The van der Waals surface area contributed by atoms with Crippen molar-refractivity contribution in [3.8, 4) is 0 Å². The minimum absolute atomic E-state index is 0.0625. The number of furan rings is 1. The van der Waals surface area contributed by atoms with E-state index in [-0.39, 0.29) is 11.3 Å². The van der Waals surface area contributed by atoms with Gasteiger partial charge in [0.05, 0.1) is 6.54 Å². The number of benzene rings is 1. The summed E-state index contributed by atoms with van der Waals surface area (Å²) in [6, 6.07) is 13.2. The predicted molar refractivity (Wildman–Crippen MR) is 125 cm³/mol. The van der Waals surface area contributed by atoms with Crippen LogP contribution in [0.2, 0.25) is 0 Å². The third-order valence-corrected chi connectivity index (χ3v) is 7.11. The van der Waals surface area contributed by atoms with Gasteiger partial charge in [-0.2, -0.15) is 0 Å². The van der Waals surface area contributed by atoms with Gasteiger partial charge >= 0.3 is 0 Å². The molecule has 4 heteroatoms. The van der Waals surface area contributed by atoms with Crippen molar-refractivity contribution in [3.63, 3.8) is 0 Å². The van der Waals surface area contributed by atoms with E-state index in [9.17, 15) is 4.79 Å². The zero-order valence-corrected chi connectivity index (χ0v) is 20.1. The average Bonchev–Trinajstić information content (AvgIpc) is 3.21. The Bertz CT molecular complexity index is 944. The van der Waals surface area contributed by atoms with Crippen LogP contribution in [-0.2, 0) is 13.1 Å². The first kappa shape index (κ1) is 22.1. The third-order valence-electron chi connectivity index (χ3n) is 7.11. The highest BCUT2D eigenvalue weighted by Gasteiger charge is 2.51. The zero-order valence-electron chi connectivity index (χ0n) is 20.1. The molecule has 0 spiro atoms. The topological polar surface area (TPSA) is 36.7 Å². The van der Waals surface area contributed by atoms with Gasteiger partial charge in [0.25, 0.3) is 5.91 Å². The molecule has 1 aromatic heterocycles. The van der Waals surface area contributed by atoms with Gasteiger partial charge in [-0.1, -0.05) is 50.6 Å². The van der Waals surface area contributed by atoms with Crippen LogP contribution in [0.1, 0.15) is 81.3 Å². The monoisotopic (exact) mass is 422 g/mol. The van der Waals surface area contributed by atoms with Crippen LogP contribution in [0.3, 0.4) is 0 Å². The Morgan fingerprint density at radius 3 is 2.65 bits per heavy atom. The number of amides is 1. The maximum atomic E-state index is 13.3. The van der Waals surface area contributed by atoms with Gasteiger partial charge in [0, 0.05) is 25.2 Å². The van der Waals surface area contributed by atoms with Gasteiger partial charge in [0.2, 0.25) is 0 Å². The van der Waals surface area contributed by atoms with Crippen LogP contribution in [0.15, 0.2) is 40.8 Å². The summed E-state index contributed by atoms with van der Waals surface area (Å²) < 4.78 is 6.10. The standard InChI is InChI=1S/C27H38N2O2/c1-19(2)28(15-21-9-7-8-20(3)12-21)16-23-10-11-24(31-23)25(30)29-18-27(6)14-22(29)13-26(4,5)17-27/h7-12,19,22H,13-18H2,1-6H3/t22-,27-/m0/s1. The lowest BCUT2D eigenvalue weighted by molar-refractivity contribution is 0.0671. The molecule has 2 heterocycles. The molecule has 0 radical (unpaired) electrons. The highest BCUT2D eigenvalue weighted by Crippen LogP contribution is 2.52. The Hall–Kier alpha value is -2.07. The van der Waals surface area contributed by atoms with E-state index < -0.39 is 0 Å². The summed E-state index contributed by atoms with van der Waals surface area (Å²) in [5.41, 5.74) is 3.12. The number of likely N-dealkylation sites (tertiary alicyclic amines) is 1. The normalized spacial score (nSPS) is 24.9. The number of carbonyl (C=O) groups excluding carboxylic acids is 1. The molecular weight excluding hydrogens is 384 g/mol. The molecule has 2 fully saturated rings. The molecule has 2 aromatic rings. The van der Waals surface area contributed by atoms with Gasteiger partial charge in [-0.15, -0.1) is 0 Å². The van der Waals surface area contributed by atoms with E-state index in [0.29, 0.717) is 29.8 Å². The van der Waals surface area contributed by atoms with Crippen LogP contribution in [0.4, 0.5) is 0 Å². The number of nitrogens with zero attached hydrogens (tertiary/aromatic N) is 2. The Balaban J connectivity index is 1.45. The average molecular weight is 423 g/mol. The molecule has 1 aliphatic heterocycles. The molecule has 1 aromatic carbocycles. The molecule has 0 unspecified atom stereocenters.